The van der Waals surface area contributed by atoms with Crippen molar-refractivity contribution in [1.82, 2.24) is 10.3 Å². The Labute approximate surface area is 95.4 Å². The molecule has 1 heterocycles. The first-order chi connectivity index (χ1) is 7.79. The van der Waals surface area contributed by atoms with Crippen molar-refractivity contribution in [3.63, 3.8) is 0 Å². The number of nitrogens with one attached hydrogen (secondary N) is 2. The number of esters is 1. The van der Waals surface area contributed by atoms with Gasteiger partial charge in [0.1, 0.15) is 5.69 Å². The van der Waals surface area contributed by atoms with Crippen LogP contribution in [0.1, 0.15) is 35.4 Å². The lowest BCUT2D eigenvalue weighted by Gasteiger charge is -2.02. The fourth-order valence-corrected chi connectivity index (χ4v) is 1.71. The molecular formula is C12H18N2O2. The van der Waals surface area contributed by atoms with Crippen molar-refractivity contribution < 1.29 is 9.53 Å². The van der Waals surface area contributed by atoms with E-state index in [1.807, 2.05) is 6.07 Å². The molecule has 0 aromatic carbocycles. The number of hydrogen-bond donors (Lipinski definition) is 2. The zero-order valence-corrected chi connectivity index (χ0v) is 9.58. The van der Waals surface area contributed by atoms with Gasteiger partial charge in [0.2, 0.25) is 0 Å². The van der Waals surface area contributed by atoms with Crippen molar-refractivity contribution in [2.24, 2.45) is 5.92 Å². The van der Waals surface area contributed by atoms with E-state index in [-0.39, 0.29) is 5.97 Å². The summed E-state index contributed by atoms with van der Waals surface area (Å²) in [7, 11) is 1.39. The Morgan fingerprint density at radius 3 is 3.06 bits per heavy atom. The Balaban J connectivity index is 1.71. The molecule has 0 unspecified atom stereocenters. The number of ether oxygens (including phenoxy) is 1. The van der Waals surface area contributed by atoms with E-state index < -0.39 is 0 Å². The van der Waals surface area contributed by atoms with Crippen LogP contribution in [-0.2, 0) is 11.3 Å². The average molecular weight is 222 g/mol. The number of carbonyl (C=O) groups excluding carboxylic acids is 1. The minimum Gasteiger partial charge on any atom is -0.464 e. The highest BCUT2D eigenvalue weighted by Crippen LogP contribution is 2.31. The Morgan fingerprint density at radius 1 is 1.56 bits per heavy atom. The van der Waals surface area contributed by atoms with Gasteiger partial charge in [0.25, 0.3) is 0 Å². The maximum Gasteiger partial charge on any atom is 0.354 e. The summed E-state index contributed by atoms with van der Waals surface area (Å²) in [4.78, 5) is 14.2. The van der Waals surface area contributed by atoms with E-state index in [1.165, 1.54) is 26.4 Å². The van der Waals surface area contributed by atoms with Crippen LogP contribution in [0.5, 0.6) is 0 Å². The molecule has 16 heavy (non-hydrogen) atoms. The smallest absolute Gasteiger partial charge is 0.354 e. The van der Waals surface area contributed by atoms with Gasteiger partial charge < -0.3 is 15.0 Å². The number of hydrogen-bond acceptors (Lipinski definition) is 3. The zero-order valence-electron chi connectivity index (χ0n) is 9.58. The highest BCUT2D eigenvalue weighted by atomic mass is 16.5. The first-order valence-electron chi connectivity index (χ1n) is 5.76. The van der Waals surface area contributed by atoms with Crippen LogP contribution in [0.3, 0.4) is 0 Å². The van der Waals surface area contributed by atoms with Crippen molar-refractivity contribution in [2.45, 2.75) is 25.8 Å². The number of methoxy groups -OCH3 is 1. The third-order valence-electron chi connectivity index (χ3n) is 2.89. The van der Waals surface area contributed by atoms with Gasteiger partial charge in [-0.3, -0.25) is 0 Å². The second kappa shape index (κ2) is 5.16. The summed E-state index contributed by atoms with van der Waals surface area (Å²) in [6, 6.07) is 3.67. The minimum absolute atomic E-state index is 0.316. The van der Waals surface area contributed by atoms with Crippen molar-refractivity contribution in [3.05, 3.63) is 23.5 Å². The Hall–Kier alpha value is -1.29. The number of carbonyl (C=O) groups is 1. The molecule has 0 amide bonds. The molecule has 0 bridgehead atoms. The van der Waals surface area contributed by atoms with E-state index >= 15 is 0 Å². The van der Waals surface area contributed by atoms with Crippen molar-refractivity contribution in [2.75, 3.05) is 13.7 Å². The van der Waals surface area contributed by atoms with Crippen LogP contribution in [0.2, 0.25) is 0 Å². The molecule has 2 N–H and O–H groups in total. The lowest BCUT2D eigenvalue weighted by atomic mass is 10.3. The zero-order chi connectivity index (χ0) is 11.4. The van der Waals surface area contributed by atoms with Gasteiger partial charge in [-0.15, -0.1) is 0 Å². The highest BCUT2D eigenvalue weighted by molar-refractivity contribution is 5.87. The second-order valence-corrected chi connectivity index (χ2v) is 4.30. The molecule has 1 aliphatic carbocycles. The predicted octanol–water partition coefficient (Wildman–Crippen LogP) is 1.69. The molecule has 88 valence electrons. The number of H-pyrrole nitrogens is 1. The van der Waals surface area contributed by atoms with Gasteiger partial charge >= 0.3 is 5.97 Å². The number of rotatable bonds is 6. The average Bonchev–Trinajstić information content (AvgIpc) is 3.01. The Bertz CT molecular complexity index is 356. The fraction of sp³-hybridized carbons (Fsp3) is 0.583. The van der Waals surface area contributed by atoms with Crippen LogP contribution >= 0.6 is 0 Å². The van der Waals surface area contributed by atoms with Gasteiger partial charge in [-0.2, -0.15) is 0 Å². The van der Waals surface area contributed by atoms with Gasteiger partial charge in [0.15, 0.2) is 0 Å². The van der Waals surface area contributed by atoms with Gasteiger partial charge in [-0.1, -0.05) is 12.8 Å². The molecule has 1 aromatic rings. The van der Waals surface area contributed by atoms with E-state index in [2.05, 4.69) is 15.0 Å². The maximum atomic E-state index is 11.2. The van der Waals surface area contributed by atoms with Crippen LogP contribution in [0.4, 0.5) is 0 Å². The second-order valence-electron chi connectivity index (χ2n) is 4.30. The third kappa shape index (κ3) is 3.10. The van der Waals surface area contributed by atoms with Crippen LogP contribution in [0.25, 0.3) is 0 Å². The van der Waals surface area contributed by atoms with Gasteiger partial charge in [-0.05, 0) is 31.0 Å². The third-order valence-corrected chi connectivity index (χ3v) is 2.89. The molecule has 0 radical (unpaired) electrons. The molecule has 2 rings (SSSR count). The molecule has 1 aliphatic rings. The number of aromatic nitrogens is 1. The molecule has 1 saturated carbocycles. The predicted molar refractivity (Wildman–Crippen MR) is 61.2 cm³/mol. The van der Waals surface area contributed by atoms with E-state index in [1.54, 1.807) is 6.07 Å². The summed E-state index contributed by atoms with van der Waals surface area (Å²) in [5.74, 6) is 0.644. The molecule has 0 spiro atoms. The summed E-state index contributed by atoms with van der Waals surface area (Å²) < 4.78 is 4.62. The highest BCUT2D eigenvalue weighted by Gasteiger charge is 2.19. The molecule has 0 saturated heterocycles. The maximum absolute atomic E-state index is 11.2. The van der Waals surface area contributed by atoms with E-state index in [0.717, 1.165) is 24.7 Å². The van der Waals surface area contributed by atoms with Crippen molar-refractivity contribution >= 4 is 5.97 Å². The summed E-state index contributed by atoms with van der Waals surface area (Å²) in [6.07, 6.45) is 4.07. The first-order valence-corrected chi connectivity index (χ1v) is 5.76. The normalized spacial score (nSPS) is 15.1. The quantitative estimate of drug-likeness (QED) is 0.569. The van der Waals surface area contributed by atoms with Crippen LogP contribution in [0, 0.1) is 5.92 Å². The van der Waals surface area contributed by atoms with Crippen molar-refractivity contribution in [1.29, 1.82) is 0 Å². The molecule has 1 aromatic heterocycles. The molecular weight excluding hydrogens is 204 g/mol. The summed E-state index contributed by atoms with van der Waals surface area (Å²) >= 11 is 0. The Morgan fingerprint density at radius 2 is 2.38 bits per heavy atom. The van der Waals surface area contributed by atoms with Crippen LogP contribution in [-0.4, -0.2) is 24.6 Å². The summed E-state index contributed by atoms with van der Waals surface area (Å²) in [5, 5.41) is 3.36. The molecule has 0 aliphatic heterocycles. The number of aromatic amines is 1. The lowest BCUT2D eigenvalue weighted by Crippen LogP contribution is -2.15. The summed E-state index contributed by atoms with van der Waals surface area (Å²) in [6.45, 7) is 1.83. The van der Waals surface area contributed by atoms with Crippen LogP contribution in [0.15, 0.2) is 12.1 Å². The summed E-state index contributed by atoms with van der Waals surface area (Å²) in [5.41, 5.74) is 1.54. The van der Waals surface area contributed by atoms with Crippen molar-refractivity contribution in [3.8, 4) is 0 Å². The molecule has 1 fully saturated rings. The van der Waals surface area contributed by atoms with Gasteiger partial charge in [-0.25, -0.2) is 4.79 Å². The monoisotopic (exact) mass is 222 g/mol. The lowest BCUT2D eigenvalue weighted by molar-refractivity contribution is 0.0594. The fourth-order valence-electron chi connectivity index (χ4n) is 1.71. The van der Waals surface area contributed by atoms with E-state index in [0.29, 0.717) is 5.69 Å². The first kappa shape index (κ1) is 11.2. The van der Waals surface area contributed by atoms with E-state index in [4.69, 9.17) is 0 Å². The Kier molecular flexibility index (Phi) is 3.62. The standard InChI is InChI=1S/C12H18N2O2/c1-16-12(15)11-5-4-10(14-11)8-13-7-6-9-2-3-9/h4-5,9,13-14H,2-3,6-8H2,1H3. The topological polar surface area (TPSA) is 54.1 Å². The van der Waals surface area contributed by atoms with Crippen LogP contribution < -0.4 is 5.32 Å². The van der Waals surface area contributed by atoms with E-state index in [9.17, 15) is 4.79 Å². The van der Waals surface area contributed by atoms with Gasteiger partial charge in [0.05, 0.1) is 7.11 Å². The largest absolute Gasteiger partial charge is 0.464 e. The minimum atomic E-state index is -0.316. The molecule has 4 heteroatoms. The molecule has 0 atom stereocenters. The SMILES string of the molecule is COC(=O)c1ccc(CNCCC2CC2)[nH]1. The van der Waals surface area contributed by atoms with Gasteiger partial charge in [0, 0.05) is 12.2 Å². The molecule has 4 nitrogen and oxygen atoms in total.